The van der Waals surface area contributed by atoms with Crippen LogP contribution in [0.4, 0.5) is 9.80 Å². The zero-order valence-electron chi connectivity index (χ0n) is 20.4. The van der Waals surface area contributed by atoms with Gasteiger partial charge in [0.2, 0.25) is 0 Å². The minimum atomic E-state index is -0.550. The lowest BCUT2D eigenvalue weighted by atomic mass is 10.0. The molecule has 1 aliphatic rings. The van der Waals surface area contributed by atoms with E-state index in [9.17, 15) is 14.4 Å². The van der Waals surface area contributed by atoms with E-state index in [1.165, 1.54) is 17.4 Å². The average Bonchev–Trinajstić information content (AvgIpc) is 3.55. The van der Waals surface area contributed by atoms with Gasteiger partial charge >= 0.3 is 12.0 Å². The second-order valence-corrected chi connectivity index (χ2v) is 10.4. The number of Topliss-reactive ketones (excluding diaryl/α,β-unsaturated/α-hetero) is 1. The van der Waals surface area contributed by atoms with Crippen LogP contribution in [0.2, 0.25) is 0 Å². The van der Waals surface area contributed by atoms with Crippen molar-refractivity contribution in [3.05, 3.63) is 56.5 Å². The third-order valence-corrected chi connectivity index (χ3v) is 8.69. The molecule has 0 spiro atoms. The predicted octanol–water partition coefficient (Wildman–Crippen LogP) is 4.99. The minimum Gasteiger partial charge on any atom is -0.462 e. The monoisotopic (exact) mass is 514 g/mol. The molecule has 4 heterocycles. The Kier molecular flexibility index (Phi) is 7.73. The summed E-state index contributed by atoms with van der Waals surface area (Å²) in [6.45, 7) is 10.5. The molecule has 0 fully saturated rings. The van der Waals surface area contributed by atoms with Gasteiger partial charge in [0.25, 0.3) is 0 Å². The number of ether oxygens (including phenoxy) is 1. The van der Waals surface area contributed by atoms with Crippen LogP contribution in [0.5, 0.6) is 0 Å². The summed E-state index contributed by atoms with van der Waals surface area (Å²) in [5.74, 6) is -0.708. The third-order valence-electron chi connectivity index (χ3n) is 6.11. The largest absolute Gasteiger partial charge is 0.462 e. The number of aromatic nitrogens is 1. The van der Waals surface area contributed by atoms with Gasteiger partial charge in [0.15, 0.2) is 5.78 Å². The number of hydrogen-bond acceptors (Lipinski definition) is 7. The molecule has 2 N–H and O–H groups in total. The van der Waals surface area contributed by atoms with Crippen LogP contribution in [0, 0.1) is 6.92 Å². The van der Waals surface area contributed by atoms with Crippen LogP contribution in [-0.4, -0.2) is 46.9 Å². The van der Waals surface area contributed by atoms with E-state index < -0.39 is 12.0 Å². The van der Waals surface area contributed by atoms with E-state index in [1.54, 1.807) is 25.2 Å². The van der Waals surface area contributed by atoms with Crippen LogP contribution in [0.25, 0.3) is 5.00 Å². The number of carbonyl (C=O) groups is 3. The van der Waals surface area contributed by atoms with Crippen LogP contribution >= 0.6 is 22.7 Å². The van der Waals surface area contributed by atoms with Gasteiger partial charge in [-0.1, -0.05) is 6.92 Å². The van der Waals surface area contributed by atoms with Gasteiger partial charge in [-0.3, -0.25) is 15.0 Å². The Hall–Kier alpha value is -2.95. The van der Waals surface area contributed by atoms with Crippen molar-refractivity contribution in [1.29, 1.82) is 0 Å². The van der Waals surface area contributed by atoms with E-state index in [-0.39, 0.29) is 18.0 Å². The lowest BCUT2D eigenvalue weighted by Gasteiger charge is -2.25. The molecule has 0 atom stereocenters. The van der Waals surface area contributed by atoms with Crippen molar-refractivity contribution in [1.82, 2.24) is 14.8 Å². The van der Waals surface area contributed by atoms with Crippen LogP contribution < -0.4 is 10.6 Å². The topological polar surface area (TPSA) is 92.7 Å². The predicted molar refractivity (Wildman–Crippen MR) is 139 cm³/mol. The van der Waals surface area contributed by atoms with Crippen molar-refractivity contribution in [3.8, 4) is 5.00 Å². The summed E-state index contributed by atoms with van der Waals surface area (Å²) in [4.78, 5) is 41.7. The van der Waals surface area contributed by atoms with Gasteiger partial charge in [-0.2, -0.15) is 0 Å². The molecule has 35 heavy (non-hydrogen) atoms. The van der Waals surface area contributed by atoms with E-state index in [4.69, 9.17) is 4.74 Å². The first kappa shape index (κ1) is 25.2. The van der Waals surface area contributed by atoms with Gasteiger partial charge in [0.1, 0.15) is 10.0 Å². The molecule has 8 nitrogen and oxygen atoms in total. The Bertz CT molecular complexity index is 1240. The number of fused-ring (bicyclic) bond motifs is 1. The molecule has 3 aromatic rings. The first-order valence-electron chi connectivity index (χ1n) is 11.7. The summed E-state index contributed by atoms with van der Waals surface area (Å²) in [5, 5.41) is 7.18. The van der Waals surface area contributed by atoms with E-state index in [0.29, 0.717) is 22.0 Å². The quantitative estimate of drug-likeness (QED) is 0.326. The van der Waals surface area contributed by atoms with E-state index in [0.717, 1.165) is 48.0 Å². The second-order valence-electron chi connectivity index (χ2n) is 8.34. The zero-order valence-corrected chi connectivity index (χ0v) is 22.0. The summed E-state index contributed by atoms with van der Waals surface area (Å²) in [6.07, 6.45) is 4.97. The van der Waals surface area contributed by atoms with Crippen LogP contribution in [0.3, 0.4) is 0 Å². The Balaban J connectivity index is 1.56. The highest BCUT2D eigenvalue weighted by atomic mass is 32.1. The van der Waals surface area contributed by atoms with Crippen molar-refractivity contribution in [3.63, 3.8) is 0 Å². The van der Waals surface area contributed by atoms with Crippen LogP contribution in [0.15, 0.2) is 24.5 Å². The fourth-order valence-electron chi connectivity index (χ4n) is 4.34. The Morgan fingerprint density at radius 2 is 1.89 bits per heavy atom. The van der Waals surface area contributed by atoms with Gasteiger partial charge in [-0.15, -0.1) is 22.7 Å². The first-order chi connectivity index (χ1) is 16.8. The number of urea groups is 1. The summed E-state index contributed by atoms with van der Waals surface area (Å²) in [6, 6.07) is 3.55. The molecule has 186 valence electrons. The number of esters is 1. The summed E-state index contributed by atoms with van der Waals surface area (Å²) < 4.78 is 7.25. The minimum absolute atomic E-state index is 0.158. The maximum atomic E-state index is 12.9. The SMILES string of the molecule is CCOC(=O)c1c(NC(=O)NCc2c(-n3cccc3)sc3c2CCN(CC)C3)sc(C(C)=O)c1C. The standard InChI is InChI=1S/C25H30N4O4S2/c1-5-28-12-9-17-18(23(34-19(17)14-28)29-10-7-8-11-29)13-26-25(32)27-22-20(24(31)33-6-2)15(3)21(35-22)16(4)30/h7-8,10-11H,5-6,9,12-14H2,1-4H3,(H2,26,27,32). The molecule has 0 aliphatic carbocycles. The third kappa shape index (κ3) is 5.19. The molecule has 1 aliphatic heterocycles. The number of amides is 2. The molecule has 2 amide bonds. The Morgan fingerprint density at radius 3 is 2.54 bits per heavy atom. The molecular weight excluding hydrogens is 484 g/mol. The van der Waals surface area contributed by atoms with E-state index in [2.05, 4.69) is 27.0 Å². The summed E-state index contributed by atoms with van der Waals surface area (Å²) in [5.41, 5.74) is 3.18. The fourth-order valence-corrected chi connectivity index (χ4v) is 6.80. The summed E-state index contributed by atoms with van der Waals surface area (Å²) >= 11 is 2.86. The number of anilines is 1. The van der Waals surface area contributed by atoms with Crippen LogP contribution in [-0.2, 0) is 24.2 Å². The fraction of sp³-hybridized carbons (Fsp3) is 0.400. The highest BCUT2D eigenvalue weighted by molar-refractivity contribution is 7.18. The van der Waals surface area contributed by atoms with Crippen molar-refractivity contribution in [2.24, 2.45) is 0 Å². The number of thiophene rings is 2. The number of nitrogens with one attached hydrogen (secondary N) is 2. The van der Waals surface area contributed by atoms with Gasteiger partial charge < -0.3 is 14.6 Å². The zero-order chi connectivity index (χ0) is 25.1. The number of carbonyl (C=O) groups excluding carboxylic acids is 3. The van der Waals surface area contributed by atoms with Crippen molar-refractivity contribution in [2.45, 2.75) is 47.2 Å². The normalized spacial score (nSPS) is 13.4. The molecule has 10 heteroatoms. The highest BCUT2D eigenvalue weighted by Gasteiger charge is 2.27. The maximum Gasteiger partial charge on any atom is 0.341 e. The lowest BCUT2D eigenvalue weighted by Crippen LogP contribution is -2.31. The van der Waals surface area contributed by atoms with Crippen molar-refractivity contribution >= 4 is 45.5 Å². The summed E-state index contributed by atoms with van der Waals surface area (Å²) in [7, 11) is 0. The van der Waals surface area contributed by atoms with Gasteiger partial charge in [-0.25, -0.2) is 9.59 Å². The molecule has 4 rings (SSSR count). The molecule has 0 radical (unpaired) electrons. The highest BCUT2D eigenvalue weighted by Crippen LogP contribution is 2.36. The van der Waals surface area contributed by atoms with Crippen molar-refractivity contribution in [2.75, 3.05) is 25.0 Å². The number of ketones is 1. The second kappa shape index (κ2) is 10.8. The lowest BCUT2D eigenvalue weighted by molar-refractivity contribution is 0.0527. The Labute approximate surface area is 212 Å². The molecule has 0 bridgehead atoms. The van der Waals surface area contributed by atoms with Crippen molar-refractivity contribution < 1.29 is 19.1 Å². The maximum absolute atomic E-state index is 12.9. The smallest absolute Gasteiger partial charge is 0.341 e. The van der Waals surface area contributed by atoms with E-state index >= 15 is 0 Å². The average molecular weight is 515 g/mol. The van der Waals surface area contributed by atoms with Gasteiger partial charge in [-0.05, 0) is 57.0 Å². The van der Waals surface area contributed by atoms with E-state index in [1.807, 2.05) is 24.5 Å². The molecule has 0 unspecified atom stereocenters. The number of likely N-dealkylation sites (N-methyl/N-ethyl adjacent to an activating group) is 1. The molecule has 0 saturated heterocycles. The van der Waals surface area contributed by atoms with Crippen LogP contribution in [0.1, 0.15) is 62.4 Å². The molecular formula is C25H30N4O4S2. The number of hydrogen-bond donors (Lipinski definition) is 2. The molecule has 0 aromatic carbocycles. The first-order valence-corrected chi connectivity index (χ1v) is 13.3. The Morgan fingerprint density at radius 1 is 1.14 bits per heavy atom. The van der Waals surface area contributed by atoms with Gasteiger partial charge in [0, 0.05) is 42.5 Å². The molecule has 3 aromatic heterocycles. The molecule has 0 saturated carbocycles. The van der Waals surface area contributed by atoms with Gasteiger partial charge in [0.05, 0.1) is 17.0 Å². The number of rotatable bonds is 8. The number of nitrogens with zero attached hydrogens (tertiary/aromatic N) is 2.